The van der Waals surface area contributed by atoms with Crippen molar-refractivity contribution >= 4 is 11.9 Å². The minimum Gasteiger partial charge on any atom is -0.497 e. The van der Waals surface area contributed by atoms with Crippen molar-refractivity contribution in [3.8, 4) is 17.2 Å². The first-order chi connectivity index (χ1) is 12.6. The Kier molecular flexibility index (Phi) is 5.26. The molecular formula is C19H19NO6. The van der Waals surface area contributed by atoms with E-state index in [1.807, 2.05) is 31.2 Å². The zero-order valence-electron chi connectivity index (χ0n) is 14.5. The maximum atomic E-state index is 12.1. The van der Waals surface area contributed by atoms with E-state index in [4.69, 9.17) is 18.9 Å². The number of carbonyl (C=O) groups is 2. The van der Waals surface area contributed by atoms with Crippen LogP contribution in [-0.4, -0.2) is 32.4 Å². The lowest BCUT2D eigenvalue weighted by Crippen LogP contribution is -2.31. The molecule has 0 spiro atoms. The van der Waals surface area contributed by atoms with Gasteiger partial charge >= 0.3 is 5.97 Å². The zero-order valence-corrected chi connectivity index (χ0v) is 14.5. The van der Waals surface area contributed by atoms with Gasteiger partial charge in [-0.25, -0.2) is 4.79 Å². The highest BCUT2D eigenvalue weighted by Crippen LogP contribution is 2.32. The topological polar surface area (TPSA) is 83.1 Å². The van der Waals surface area contributed by atoms with Crippen molar-refractivity contribution in [1.82, 2.24) is 5.32 Å². The summed E-state index contributed by atoms with van der Waals surface area (Å²) in [6.45, 7) is 1.59. The van der Waals surface area contributed by atoms with Gasteiger partial charge in [-0.3, -0.25) is 4.79 Å². The Bertz CT molecular complexity index is 819. The number of fused-ring (bicyclic) bond motifs is 1. The standard InChI is InChI=1S/C19H19NO6/c1-12(13-4-3-5-15(8-13)23-2)20-18(21)10-24-19(22)14-6-7-16-17(9-14)26-11-25-16/h3-9,12H,10-11H2,1-2H3,(H,20,21)/t12-/m1/s1. The fourth-order valence-corrected chi connectivity index (χ4v) is 2.52. The lowest BCUT2D eigenvalue weighted by atomic mass is 10.1. The molecule has 1 aliphatic rings. The molecule has 26 heavy (non-hydrogen) atoms. The molecule has 0 fully saturated rings. The van der Waals surface area contributed by atoms with E-state index in [2.05, 4.69) is 5.32 Å². The highest BCUT2D eigenvalue weighted by atomic mass is 16.7. The molecule has 0 unspecified atom stereocenters. The average Bonchev–Trinajstić information content (AvgIpc) is 3.13. The van der Waals surface area contributed by atoms with Crippen molar-refractivity contribution in [3.05, 3.63) is 53.6 Å². The average molecular weight is 357 g/mol. The number of hydrogen-bond donors (Lipinski definition) is 1. The van der Waals surface area contributed by atoms with Gasteiger partial charge in [-0.15, -0.1) is 0 Å². The van der Waals surface area contributed by atoms with E-state index in [1.54, 1.807) is 19.2 Å². The molecule has 1 aliphatic heterocycles. The van der Waals surface area contributed by atoms with Gasteiger partial charge in [0.15, 0.2) is 18.1 Å². The van der Waals surface area contributed by atoms with Crippen molar-refractivity contribution < 1.29 is 28.5 Å². The van der Waals surface area contributed by atoms with Crippen LogP contribution in [0.3, 0.4) is 0 Å². The number of methoxy groups -OCH3 is 1. The van der Waals surface area contributed by atoms with Gasteiger partial charge in [0.25, 0.3) is 5.91 Å². The van der Waals surface area contributed by atoms with E-state index in [-0.39, 0.29) is 19.4 Å². The molecule has 7 heteroatoms. The molecule has 0 saturated carbocycles. The van der Waals surface area contributed by atoms with Crippen molar-refractivity contribution in [3.63, 3.8) is 0 Å². The molecule has 2 aromatic carbocycles. The molecular weight excluding hydrogens is 338 g/mol. The third kappa shape index (κ3) is 4.05. The fraction of sp³-hybridized carbons (Fsp3) is 0.263. The molecule has 1 N–H and O–H groups in total. The van der Waals surface area contributed by atoms with Gasteiger partial charge in [0.2, 0.25) is 6.79 Å². The third-order valence-electron chi connectivity index (χ3n) is 3.91. The van der Waals surface area contributed by atoms with E-state index in [9.17, 15) is 9.59 Å². The van der Waals surface area contributed by atoms with E-state index in [0.717, 1.165) is 5.56 Å². The Labute approximate surface area is 150 Å². The second-order valence-electron chi connectivity index (χ2n) is 5.71. The van der Waals surface area contributed by atoms with Crippen LogP contribution in [0, 0.1) is 0 Å². The van der Waals surface area contributed by atoms with Crippen LogP contribution < -0.4 is 19.5 Å². The fourth-order valence-electron chi connectivity index (χ4n) is 2.52. The maximum Gasteiger partial charge on any atom is 0.338 e. The smallest absolute Gasteiger partial charge is 0.338 e. The monoisotopic (exact) mass is 357 g/mol. The molecule has 0 radical (unpaired) electrons. The second kappa shape index (κ2) is 7.77. The number of esters is 1. The van der Waals surface area contributed by atoms with Crippen molar-refractivity contribution in [2.45, 2.75) is 13.0 Å². The molecule has 0 aliphatic carbocycles. The van der Waals surface area contributed by atoms with Gasteiger partial charge in [0.1, 0.15) is 5.75 Å². The first-order valence-electron chi connectivity index (χ1n) is 8.07. The summed E-state index contributed by atoms with van der Waals surface area (Å²) in [4.78, 5) is 24.1. The lowest BCUT2D eigenvalue weighted by molar-refractivity contribution is -0.124. The number of ether oxygens (including phenoxy) is 4. The Morgan fingerprint density at radius 3 is 2.77 bits per heavy atom. The molecule has 7 nitrogen and oxygen atoms in total. The summed E-state index contributed by atoms with van der Waals surface area (Å²) in [5, 5.41) is 2.78. The van der Waals surface area contributed by atoms with Crippen molar-refractivity contribution in [2.75, 3.05) is 20.5 Å². The molecule has 0 saturated heterocycles. The number of benzene rings is 2. The Morgan fingerprint density at radius 2 is 1.96 bits per heavy atom. The molecule has 1 amide bonds. The number of rotatable bonds is 6. The first kappa shape index (κ1) is 17.6. The summed E-state index contributed by atoms with van der Waals surface area (Å²) in [6.07, 6.45) is 0. The van der Waals surface area contributed by atoms with Gasteiger partial charge in [0.05, 0.1) is 18.7 Å². The summed E-state index contributed by atoms with van der Waals surface area (Å²) in [7, 11) is 1.58. The van der Waals surface area contributed by atoms with Gasteiger partial charge in [-0.2, -0.15) is 0 Å². The molecule has 0 aromatic heterocycles. The van der Waals surface area contributed by atoms with Crippen LogP contribution >= 0.6 is 0 Å². The second-order valence-corrected chi connectivity index (χ2v) is 5.71. The summed E-state index contributed by atoms with van der Waals surface area (Å²) in [5.41, 5.74) is 1.18. The van der Waals surface area contributed by atoms with Crippen LogP contribution in [0.1, 0.15) is 28.9 Å². The van der Waals surface area contributed by atoms with Gasteiger partial charge in [-0.05, 0) is 42.8 Å². The van der Waals surface area contributed by atoms with E-state index in [1.165, 1.54) is 6.07 Å². The normalized spacial score (nSPS) is 13.0. The Balaban J connectivity index is 1.52. The van der Waals surface area contributed by atoms with Crippen LogP contribution in [0.25, 0.3) is 0 Å². The van der Waals surface area contributed by atoms with Crippen LogP contribution in [0.5, 0.6) is 17.2 Å². The molecule has 0 bridgehead atoms. The largest absolute Gasteiger partial charge is 0.497 e. The van der Waals surface area contributed by atoms with Crippen molar-refractivity contribution in [1.29, 1.82) is 0 Å². The van der Waals surface area contributed by atoms with Gasteiger partial charge in [-0.1, -0.05) is 12.1 Å². The predicted octanol–water partition coefficient (Wildman–Crippen LogP) is 2.46. The Hall–Kier alpha value is -3.22. The highest BCUT2D eigenvalue weighted by Gasteiger charge is 2.18. The minimum absolute atomic E-state index is 0.123. The third-order valence-corrected chi connectivity index (χ3v) is 3.91. The minimum atomic E-state index is -0.604. The van der Waals surface area contributed by atoms with Crippen LogP contribution in [0.15, 0.2) is 42.5 Å². The van der Waals surface area contributed by atoms with E-state index in [0.29, 0.717) is 22.8 Å². The number of amides is 1. The predicted molar refractivity (Wildman–Crippen MR) is 92.4 cm³/mol. The van der Waals surface area contributed by atoms with Crippen LogP contribution in [0.4, 0.5) is 0 Å². The van der Waals surface area contributed by atoms with Gasteiger partial charge < -0.3 is 24.3 Å². The zero-order chi connectivity index (χ0) is 18.5. The molecule has 3 rings (SSSR count). The quantitative estimate of drug-likeness (QED) is 0.800. The maximum absolute atomic E-state index is 12.1. The molecule has 1 heterocycles. The summed E-state index contributed by atoms with van der Waals surface area (Å²) in [5.74, 6) is 0.765. The summed E-state index contributed by atoms with van der Waals surface area (Å²) >= 11 is 0. The van der Waals surface area contributed by atoms with E-state index < -0.39 is 11.9 Å². The van der Waals surface area contributed by atoms with Crippen LogP contribution in [-0.2, 0) is 9.53 Å². The lowest BCUT2D eigenvalue weighted by Gasteiger charge is -2.15. The van der Waals surface area contributed by atoms with E-state index >= 15 is 0 Å². The number of hydrogen-bond acceptors (Lipinski definition) is 6. The molecule has 2 aromatic rings. The number of nitrogens with one attached hydrogen (secondary N) is 1. The first-order valence-corrected chi connectivity index (χ1v) is 8.07. The Morgan fingerprint density at radius 1 is 1.15 bits per heavy atom. The van der Waals surface area contributed by atoms with Crippen molar-refractivity contribution in [2.24, 2.45) is 0 Å². The summed E-state index contributed by atoms with van der Waals surface area (Å²) < 4.78 is 20.6. The van der Waals surface area contributed by atoms with Crippen LogP contribution in [0.2, 0.25) is 0 Å². The summed E-state index contributed by atoms with van der Waals surface area (Å²) in [6, 6.07) is 11.9. The molecule has 1 atom stereocenters. The highest BCUT2D eigenvalue weighted by molar-refractivity contribution is 5.92. The molecule has 136 valence electrons. The number of carbonyl (C=O) groups excluding carboxylic acids is 2. The SMILES string of the molecule is COc1cccc([C@@H](C)NC(=O)COC(=O)c2ccc3c(c2)OCO3)c1. The van der Waals surface area contributed by atoms with Gasteiger partial charge in [0, 0.05) is 0 Å².